The number of amides is 2. The van der Waals surface area contributed by atoms with E-state index in [1.807, 2.05) is 48.5 Å². The summed E-state index contributed by atoms with van der Waals surface area (Å²) in [5, 5.41) is 7.16. The lowest BCUT2D eigenvalue weighted by atomic mass is 9.94. The number of hydrogen-bond acceptors (Lipinski definition) is 6. The minimum atomic E-state index is -0.262. The molecule has 3 aromatic heterocycles. The van der Waals surface area contributed by atoms with Gasteiger partial charge < -0.3 is 19.7 Å². The fraction of sp³-hybridized carbons (Fsp3) is 0.179. The van der Waals surface area contributed by atoms with Crippen molar-refractivity contribution in [3.05, 3.63) is 102 Å². The Morgan fingerprint density at radius 1 is 1.08 bits per heavy atom. The van der Waals surface area contributed by atoms with Crippen LogP contribution in [0.25, 0.3) is 22.3 Å². The average molecular weight is 493 g/mol. The third-order valence-electron chi connectivity index (χ3n) is 6.81. The molecule has 0 aliphatic carbocycles. The zero-order valence-corrected chi connectivity index (χ0v) is 19.9. The first-order chi connectivity index (χ1) is 18.2. The maximum Gasteiger partial charge on any atom is 0.293 e. The topological polar surface area (TPSA) is 117 Å². The molecule has 1 fully saturated rings. The van der Waals surface area contributed by atoms with Gasteiger partial charge in [-0.1, -0.05) is 41.6 Å². The van der Waals surface area contributed by atoms with Crippen molar-refractivity contribution in [1.82, 2.24) is 30.3 Å². The van der Waals surface area contributed by atoms with E-state index >= 15 is 0 Å². The number of H-pyrrole nitrogens is 1. The number of likely N-dealkylation sites (tertiary alicyclic amines) is 1. The molecule has 1 saturated heterocycles. The van der Waals surface area contributed by atoms with Crippen LogP contribution in [0.15, 0.2) is 90.0 Å². The van der Waals surface area contributed by atoms with E-state index in [4.69, 9.17) is 4.52 Å². The summed E-state index contributed by atoms with van der Waals surface area (Å²) in [4.78, 5) is 39.8. The Hall–Kier alpha value is -4.79. The maximum absolute atomic E-state index is 13.6. The second-order valence-electron chi connectivity index (χ2n) is 9.07. The normalized spacial score (nSPS) is 17.2. The second kappa shape index (κ2) is 9.69. The number of nitrogens with one attached hydrogen (secondary N) is 2. The molecule has 184 valence electrons. The Morgan fingerprint density at radius 3 is 2.81 bits per heavy atom. The van der Waals surface area contributed by atoms with Crippen LogP contribution in [0.1, 0.15) is 38.9 Å². The predicted octanol–water partition coefficient (Wildman–Crippen LogP) is 4.25. The molecular formula is C28H24N6O3. The van der Waals surface area contributed by atoms with Gasteiger partial charge in [-0.15, -0.1) is 0 Å². The summed E-state index contributed by atoms with van der Waals surface area (Å²) < 4.78 is 5.46. The van der Waals surface area contributed by atoms with Gasteiger partial charge in [-0.3, -0.25) is 14.6 Å². The number of benzene rings is 2. The van der Waals surface area contributed by atoms with Gasteiger partial charge in [0.25, 0.3) is 11.8 Å². The van der Waals surface area contributed by atoms with Crippen LogP contribution in [-0.2, 0) is 0 Å². The number of pyridine rings is 1. The molecule has 0 spiro atoms. The van der Waals surface area contributed by atoms with Crippen LogP contribution in [0.5, 0.6) is 0 Å². The summed E-state index contributed by atoms with van der Waals surface area (Å²) in [5.74, 6) is -0.217. The van der Waals surface area contributed by atoms with Crippen molar-refractivity contribution in [1.29, 1.82) is 0 Å². The number of hydrogen-bond donors (Lipinski definition) is 2. The van der Waals surface area contributed by atoms with E-state index < -0.39 is 0 Å². The number of aromatic amines is 1. The molecular weight excluding hydrogens is 468 g/mol. The van der Waals surface area contributed by atoms with E-state index in [0.717, 1.165) is 28.6 Å². The molecule has 2 aromatic carbocycles. The lowest BCUT2D eigenvalue weighted by Crippen LogP contribution is -2.36. The first-order valence-electron chi connectivity index (χ1n) is 12.1. The van der Waals surface area contributed by atoms with Crippen molar-refractivity contribution in [2.24, 2.45) is 5.92 Å². The fourth-order valence-electron chi connectivity index (χ4n) is 4.97. The number of fused-ring (bicyclic) bond motifs is 1. The van der Waals surface area contributed by atoms with E-state index in [-0.39, 0.29) is 29.5 Å². The summed E-state index contributed by atoms with van der Waals surface area (Å²) in [5.41, 5.74) is 4.56. The lowest BCUT2D eigenvalue weighted by Gasteiger charge is -2.28. The molecule has 2 atom stereocenters. The van der Waals surface area contributed by atoms with Gasteiger partial charge >= 0.3 is 0 Å². The van der Waals surface area contributed by atoms with E-state index in [9.17, 15) is 9.59 Å². The standard InChI is InChI=1S/C28H24N6O3/c35-27(19-8-9-22-24(13-19)32-17-31-22)30-16-21-10-12-34(26(21)20-7-4-11-29-15-20)28(36)25-14-23(33-37-25)18-5-2-1-3-6-18/h1-9,11,13-15,17,21,26H,10,12,16H2,(H,30,35)(H,31,32). The van der Waals surface area contributed by atoms with Gasteiger partial charge in [0, 0.05) is 48.6 Å². The van der Waals surface area contributed by atoms with Gasteiger partial charge in [0.2, 0.25) is 5.76 Å². The number of rotatable bonds is 6. The fourth-order valence-corrected chi connectivity index (χ4v) is 4.97. The molecule has 2 N–H and O–H groups in total. The SMILES string of the molecule is O=C(NCC1CCN(C(=O)c2cc(-c3ccccc3)no2)C1c1cccnc1)c1ccc2nc[nH]c2c1. The smallest absolute Gasteiger partial charge is 0.293 e. The quantitative estimate of drug-likeness (QED) is 0.366. The molecule has 2 amide bonds. The van der Waals surface area contributed by atoms with Crippen LogP contribution in [0, 0.1) is 5.92 Å². The maximum atomic E-state index is 13.6. The van der Waals surface area contributed by atoms with Crippen LogP contribution in [-0.4, -0.2) is 49.9 Å². The van der Waals surface area contributed by atoms with Gasteiger partial charge in [-0.2, -0.15) is 0 Å². The minimum Gasteiger partial charge on any atom is -0.352 e. The molecule has 5 aromatic rings. The highest BCUT2D eigenvalue weighted by atomic mass is 16.5. The summed E-state index contributed by atoms with van der Waals surface area (Å²) in [6, 6.07) is 20.2. The number of imidazole rings is 1. The Labute approximate surface area is 212 Å². The van der Waals surface area contributed by atoms with E-state index in [2.05, 4.69) is 25.4 Å². The second-order valence-corrected chi connectivity index (χ2v) is 9.07. The summed E-state index contributed by atoms with van der Waals surface area (Å²) in [6.07, 6.45) is 5.81. The minimum absolute atomic E-state index is 0.00417. The highest BCUT2D eigenvalue weighted by Crippen LogP contribution is 2.38. The van der Waals surface area contributed by atoms with Crippen molar-refractivity contribution in [2.45, 2.75) is 12.5 Å². The predicted molar refractivity (Wildman–Crippen MR) is 136 cm³/mol. The molecule has 0 saturated carbocycles. The third-order valence-corrected chi connectivity index (χ3v) is 6.81. The lowest BCUT2D eigenvalue weighted by molar-refractivity contribution is 0.0674. The Balaban J connectivity index is 1.21. The first kappa shape index (κ1) is 22.7. The van der Waals surface area contributed by atoms with Crippen LogP contribution < -0.4 is 5.32 Å². The van der Waals surface area contributed by atoms with Crippen molar-refractivity contribution in [3.8, 4) is 11.3 Å². The summed E-state index contributed by atoms with van der Waals surface area (Å²) in [7, 11) is 0. The Kier molecular flexibility index (Phi) is 5.94. The molecule has 9 nitrogen and oxygen atoms in total. The highest BCUT2D eigenvalue weighted by Gasteiger charge is 2.40. The third kappa shape index (κ3) is 4.47. The largest absolute Gasteiger partial charge is 0.352 e. The molecule has 9 heteroatoms. The van der Waals surface area contributed by atoms with Gasteiger partial charge in [0.15, 0.2) is 0 Å². The molecule has 4 heterocycles. The van der Waals surface area contributed by atoms with Crippen LogP contribution >= 0.6 is 0 Å². The van der Waals surface area contributed by atoms with Crippen molar-refractivity contribution >= 4 is 22.8 Å². The van der Waals surface area contributed by atoms with Crippen LogP contribution in [0.4, 0.5) is 0 Å². The van der Waals surface area contributed by atoms with Crippen LogP contribution in [0.3, 0.4) is 0 Å². The van der Waals surface area contributed by atoms with Crippen molar-refractivity contribution < 1.29 is 14.1 Å². The first-order valence-corrected chi connectivity index (χ1v) is 12.1. The van der Waals surface area contributed by atoms with E-state index in [1.165, 1.54) is 0 Å². The molecule has 2 unspecified atom stereocenters. The molecule has 0 bridgehead atoms. The molecule has 0 radical (unpaired) electrons. The Morgan fingerprint density at radius 2 is 1.97 bits per heavy atom. The molecule has 1 aliphatic heterocycles. The van der Waals surface area contributed by atoms with Gasteiger partial charge in [0.05, 0.1) is 23.4 Å². The number of carbonyl (C=O) groups excluding carboxylic acids is 2. The monoisotopic (exact) mass is 492 g/mol. The van der Waals surface area contributed by atoms with Gasteiger partial charge in [-0.25, -0.2) is 4.98 Å². The molecule has 6 rings (SSSR count). The number of nitrogens with zero attached hydrogens (tertiary/aromatic N) is 4. The van der Waals surface area contributed by atoms with Crippen molar-refractivity contribution in [2.75, 3.05) is 13.1 Å². The number of aromatic nitrogens is 4. The zero-order valence-electron chi connectivity index (χ0n) is 19.9. The van der Waals surface area contributed by atoms with Gasteiger partial charge in [0.1, 0.15) is 5.69 Å². The Bertz CT molecular complexity index is 1550. The van der Waals surface area contributed by atoms with Crippen LogP contribution in [0.2, 0.25) is 0 Å². The van der Waals surface area contributed by atoms with Crippen molar-refractivity contribution in [3.63, 3.8) is 0 Å². The van der Waals surface area contributed by atoms with E-state index in [0.29, 0.717) is 24.3 Å². The van der Waals surface area contributed by atoms with Gasteiger partial charge in [-0.05, 0) is 36.2 Å². The highest BCUT2D eigenvalue weighted by molar-refractivity contribution is 5.97. The zero-order chi connectivity index (χ0) is 25.2. The van der Waals surface area contributed by atoms with E-state index in [1.54, 1.807) is 41.8 Å². The molecule has 37 heavy (non-hydrogen) atoms. The molecule has 1 aliphatic rings. The summed E-state index contributed by atoms with van der Waals surface area (Å²) in [6.45, 7) is 0.940. The average Bonchev–Trinajstić information content (AvgIpc) is 3.71. The number of carbonyl (C=O) groups is 2. The summed E-state index contributed by atoms with van der Waals surface area (Å²) >= 11 is 0.